The molecule has 1 fully saturated rings. The molecule has 0 radical (unpaired) electrons. The Bertz CT molecular complexity index is 245. The minimum Gasteiger partial charge on any atom is -0.469 e. The summed E-state index contributed by atoms with van der Waals surface area (Å²) in [4.78, 5) is 13.5. The number of ether oxygens (including phenoxy) is 1. The van der Waals surface area contributed by atoms with Gasteiger partial charge in [-0.05, 0) is 19.9 Å². The van der Waals surface area contributed by atoms with Gasteiger partial charge < -0.3 is 9.84 Å². The Labute approximate surface area is 104 Å². The van der Waals surface area contributed by atoms with Crippen molar-refractivity contribution in [3.63, 3.8) is 0 Å². The second-order valence-corrected chi connectivity index (χ2v) is 5.14. The third-order valence-electron chi connectivity index (χ3n) is 3.68. The first-order valence-electron chi connectivity index (χ1n) is 6.52. The standard InChI is InChI=1S/C13H25NO3/c1-10(13(16)17-3)9-14(2)11-7-5-4-6-8-12(11)15/h10-12,15H,4-9H2,1-3H3. The third kappa shape index (κ3) is 4.28. The van der Waals surface area contributed by atoms with E-state index >= 15 is 0 Å². The Hall–Kier alpha value is -0.610. The molecule has 1 N–H and O–H groups in total. The number of esters is 1. The molecule has 1 aliphatic carbocycles. The summed E-state index contributed by atoms with van der Waals surface area (Å²) in [6, 6.07) is 0.185. The van der Waals surface area contributed by atoms with Gasteiger partial charge in [0, 0.05) is 12.6 Å². The van der Waals surface area contributed by atoms with Crippen LogP contribution in [0.3, 0.4) is 0 Å². The maximum atomic E-state index is 11.4. The molecular formula is C13H25NO3. The van der Waals surface area contributed by atoms with E-state index in [0.29, 0.717) is 6.54 Å². The van der Waals surface area contributed by atoms with Gasteiger partial charge in [0.15, 0.2) is 0 Å². The molecule has 0 heterocycles. The summed E-state index contributed by atoms with van der Waals surface area (Å²) in [5.74, 6) is -0.319. The number of hydrogen-bond donors (Lipinski definition) is 1. The van der Waals surface area contributed by atoms with E-state index in [-0.39, 0.29) is 24.0 Å². The van der Waals surface area contributed by atoms with Crippen molar-refractivity contribution in [3.05, 3.63) is 0 Å². The average molecular weight is 243 g/mol. The molecule has 0 bridgehead atoms. The van der Waals surface area contributed by atoms with Gasteiger partial charge in [0.05, 0.1) is 19.1 Å². The van der Waals surface area contributed by atoms with E-state index in [2.05, 4.69) is 4.90 Å². The highest BCUT2D eigenvalue weighted by atomic mass is 16.5. The smallest absolute Gasteiger partial charge is 0.309 e. The highest BCUT2D eigenvalue weighted by Gasteiger charge is 2.27. The van der Waals surface area contributed by atoms with E-state index in [1.165, 1.54) is 20.0 Å². The van der Waals surface area contributed by atoms with E-state index < -0.39 is 0 Å². The first kappa shape index (κ1) is 14.5. The second kappa shape index (κ2) is 6.97. The van der Waals surface area contributed by atoms with Crippen molar-refractivity contribution in [2.45, 2.75) is 51.2 Å². The number of carbonyl (C=O) groups is 1. The third-order valence-corrected chi connectivity index (χ3v) is 3.68. The summed E-state index contributed by atoms with van der Waals surface area (Å²) in [6.07, 6.45) is 5.12. The molecule has 0 aromatic carbocycles. The number of nitrogens with zero attached hydrogens (tertiary/aromatic N) is 1. The molecule has 0 saturated heterocycles. The van der Waals surface area contributed by atoms with Gasteiger partial charge in [-0.3, -0.25) is 9.69 Å². The minimum absolute atomic E-state index is 0.138. The lowest BCUT2D eigenvalue weighted by Gasteiger charge is -2.32. The lowest BCUT2D eigenvalue weighted by molar-refractivity contribution is -0.145. The van der Waals surface area contributed by atoms with Crippen molar-refractivity contribution >= 4 is 5.97 Å². The SMILES string of the molecule is COC(=O)C(C)CN(C)C1CCCCCC1O. The van der Waals surface area contributed by atoms with Gasteiger partial charge in [-0.25, -0.2) is 0 Å². The van der Waals surface area contributed by atoms with Crippen molar-refractivity contribution in [2.75, 3.05) is 20.7 Å². The van der Waals surface area contributed by atoms with Crippen LogP contribution in [0.15, 0.2) is 0 Å². The van der Waals surface area contributed by atoms with Crippen LogP contribution in [0.5, 0.6) is 0 Å². The zero-order valence-electron chi connectivity index (χ0n) is 11.2. The maximum Gasteiger partial charge on any atom is 0.309 e. The maximum absolute atomic E-state index is 11.4. The lowest BCUT2D eigenvalue weighted by atomic mass is 10.0. The molecule has 4 nitrogen and oxygen atoms in total. The monoisotopic (exact) mass is 243 g/mol. The van der Waals surface area contributed by atoms with Gasteiger partial charge in [0.2, 0.25) is 0 Å². The molecule has 17 heavy (non-hydrogen) atoms. The van der Waals surface area contributed by atoms with Crippen molar-refractivity contribution in [1.29, 1.82) is 0 Å². The topological polar surface area (TPSA) is 49.8 Å². The molecule has 1 rings (SSSR count). The first-order valence-corrected chi connectivity index (χ1v) is 6.52. The van der Waals surface area contributed by atoms with Crippen LogP contribution in [0, 0.1) is 5.92 Å². The molecule has 0 spiro atoms. The van der Waals surface area contributed by atoms with Crippen LogP contribution in [-0.2, 0) is 9.53 Å². The van der Waals surface area contributed by atoms with E-state index in [0.717, 1.165) is 19.3 Å². The molecule has 0 aliphatic heterocycles. The normalized spacial score (nSPS) is 27.6. The quantitative estimate of drug-likeness (QED) is 0.599. The molecule has 4 heteroatoms. The highest BCUT2D eigenvalue weighted by molar-refractivity contribution is 5.72. The Morgan fingerprint density at radius 2 is 2.06 bits per heavy atom. The van der Waals surface area contributed by atoms with E-state index in [1.54, 1.807) is 0 Å². The molecule has 0 aromatic heterocycles. The van der Waals surface area contributed by atoms with Crippen LogP contribution in [0.2, 0.25) is 0 Å². The number of carbonyl (C=O) groups excluding carboxylic acids is 1. The van der Waals surface area contributed by atoms with Gasteiger partial charge in [-0.2, -0.15) is 0 Å². The Morgan fingerprint density at radius 3 is 2.71 bits per heavy atom. The first-order chi connectivity index (χ1) is 8.06. The van der Waals surface area contributed by atoms with Crippen molar-refractivity contribution in [3.8, 4) is 0 Å². The number of aliphatic hydroxyl groups excluding tert-OH is 1. The molecule has 1 saturated carbocycles. The van der Waals surface area contributed by atoms with Gasteiger partial charge in [-0.1, -0.05) is 26.2 Å². The average Bonchev–Trinajstić information content (AvgIpc) is 2.52. The van der Waals surface area contributed by atoms with Crippen molar-refractivity contribution in [2.24, 2.45) is 5.92 Å². The number of methoxy groups -OCH3 is 1. The number of likely N-dealkylation sites (N-methyl/N-ethyl adjacent to an activating group) is 1. The summed E-state index contributed by atoms with van der Waals surface area (Å²) in [6.45, 7) is 2.51. The Morgan fingerprint density at radius 1 is 1.41 bits per heavy atom. The Kier molecular flexibility index (Phi) is 5.92. The van der Waals surface area contributed by atoms with Crippen LogP contribution >= 0.6 is 0 Å². The number of rotatable bonds is 4. The Balaban J connectivity index is 2.49. The molecule has 1 aliphatic rings. The zero-order valence-corrected chi connectivity index (χ0v) is 11.2. The second-order valence-electron chi connectivity index (χ2n) is 5.14. The van der Waals surface area contributed by atoms with Crippen molar-refractivity contribution in [1.82, 2.24) is 4.90 Å². The number of aliphatic hydroxyl groups is 1. The van der Waals surface area contributed by atoms with Gasteiger partial charge in [0.25, 0.3) is 0 Å². The van der Waals surface area contributed by atoms with Gasteiger partial charge >= 0.3 is 5.97 Å². The van der Waals surface area contributed by atoms with Gasteiger partial charge in [0.1, 0.15) is 0 Å². The highest BCUT2D eigenvalue weighted by Crippen LogP contribution is 2.22. The fourth-order valence-electron chi connectivity index (χ4n) is 2.63. The van der Waals surface area contributed by atoms with Crippen LogP contribution in [0.4, 0.5) is 0 Å². The predicted octanol–water partition coefficient (Wildman–Crippen LogP) is 1.42. The van der Waals surface area contributed by atoms with Crippen LogP contribution in [-0.4, -0.2) is 48.8 Å². The largest absolute Gasteiger partial charge is 0.469 e. The van der Waals surface area contributed by atoms with E-state index in [1.807, 2.05) is 14.0 Å². The fraction of sp³-hybridized carbons (Fsp3) is 0.923. The van der Waals surface area contributed by atoms with Crippen LogP contribution < -0.4 is 0 Å². The molecule has 3 unspecified atom stereocenters. The van der Waals surface area contributed by atoms with Crippen LogP contribution in [0.1, 0.15) is 39.0 Å². The zero-order chi connectivity index (χ0) is 12.8. The molecule has 100 valence electrons. The fourth-order valence-corrected chi connectivity index (χ4v) is 2.63. The van der Waals surface area contributed by atoms with Gasteiger partial charge in [-0.15, -0.1) is 0 Å². The van der Waals surface area contributed by atoms with Crippen LogP contribution in [0.25, 0.3) is 0 Å². The summed E-state index contributed by atoms with van der Waals surface area (Å²) in [5.41, 5.74) is 0. The minimum atomic E-state index is -0.257. The molecule has 0 amide bonds. The predicted molar refractivity (Wildman–Crippen MR) is 66.7 cm³/mol. The summed E-state index contributed by atoms with van der Waals surface area (Å²) >= 11 is 0. The lowest BCUT2D eigenvalue weighted by Crippen LogP contribution is -2.43. The summed E-state index contributed by atoms with van der Waals surface area (Å²) in [5, 5.41) is 10.1. The van der Waals surface area contributed by atoms with Crippen molar-refractivity contribution < 1.29 is 14.6 Å². The summed E-state index contributed by atoms with van der Waals surface area (Å²) in [7, 11) is 3.40. The molecule has 3 atom stereocenters. The molecular weight excluding hydrogens is 218 g/mol. The van der Waals surface area contributed by atoms with E-state index in [9.17, 15) is 9.90 Å². The number of hydrogen-bond acceptors (Lipinski definition) is 4. The molecule has 0 aromatic rings. The van der Waals surface area contributed by atoms with E-state index in [4.69, 9.17) is 4.74 Å². The summed E-state index contributed by atoms with van der Waals surface area (Å²) < 4.78 is 4.72.